The van der Waals surface area contributed by atoms with Crippen molar-refractivity contribution in [2.45, 2.75) is 38.6 Å². The quantitative estimate of drug-likeness (QED) is 0.488. The van der Waals surface area contributed by atoms with Crippen LogP contribution in [0.2, 0.25) is 0 Å². The molecule has 1 aromatic rings. The van der Waals surface area contributed by atoms with Crippen LogP contribution in [-0.4, -0.2) is 34.3 Å². The largest absolute Gasteiger partial charge is 0.395 e. The maximum Gasteiger partial charge on any atom is 0.145 e. The van der Waals surface area contributed by atoms with Crippen molar-refractivity contribution in [2.75, 3.05) is 23.5 Å². The first-order valence-corrected chi connectivity index (χ1v) is 6.50. The van der Waals surface area contributed by atoms with Crippen LogP contribution in [0.15, 0.2) is 6.07 Å². The molecule has 1 aliphatic rings. The van der Waals surface area contributed by atoms with Gasteiger partial charge in [-0.15, -0.1) is 0 Å². The second kappa shape index (κ2) is 5.97. The normalized spacial score (nSPS) is 14.6. The molecule has 0 atom stereocenters. The van der Waals surface area contributed by atoms with E-state index in [9.17, 15) is 0 Å². The van der Waals surface area contributed by atoms with Gasteiger partial charge in [0, 0.05) is 25.1 Å². The average Bonchev–Trinajstić information content (AvgIpc) is 3.20. The summed E-state index contributed by atoms with van der Waals surface area (Å²) in [5.41, 5.74) is 2.58. The molecule has 0 amide bonds. The minimum Gasteiger partial charge on any atom is -0.395 e. The Hall–Kier alpha value is -1.40. The number of nitrogens with one attached hydrogen (secondary N) is 1. The van der Waals surface area contributed by atoms with Crippen LogP contribution in [0.25, 0.3) is 0 Å². The lowest BCUT2D eigenvalue weighted by molar-refractivity contribution is 0.301. The molecule has 0 aromatic carbocycles. The fourth-order valence-electron chi connectivity index (χ4n) is 2.02. The molecule has 6 heteroatoms. The molecule has 0 aliphatic heterocycles. The van der Waals surface area contributed by atoms with Crippen LogP contribution in [0.4, 0.5) is 11.6 Å². The number of aryl methyl sites for hydroxylation is 1. The molecule has 2 rings (SSSR count). The number of aromatic nitrogens is 2. The summed E-state index contributed by atoms with van der Waals surface area (Å²) >= 11 is 0. The number of nitrogens with two attached hydrogens (primary N) is 1. The maximum atomic E-state index is 9.15. The van der Waals surface area contributed by atoms with Crippen LogP contribution in [0.1, 0.15) is 32.0 Å². The third kappa shape index (κ3) is 3.08. The first kappa shape index (κ1) is 13.0. The molecule has 0 spiro atoms. The Kier molecular flexibility index (Phi) is 4.33. The van der Waals surface area contributed by atoms with E-state index in [0.29, 0.717) is 18.4 Å². The van der Waals surface area contributed by atoms with Crippen molar-refractivity contribution in [1.29, 1.82) is 0 Å². The molecular weight excluding hydrogens is 230 g/mol. The molecule has 0 bridgehead atoms. The Morgan fingerprint density at radius 3 is 2.83 bits per heavy atom. The minimum absolute atomic E-state index is 0.134. The Balaban J connectivity index is 2.25. The predicted molar refractivity (Wildman–Crippen MR) is 71.3 cm³/mol. The maximum absolute atomic E-state index is 9.15. The minimum atomic E-state index is 0.134. The summed E-state index contributed by atoms with van der Waals surface area (Å²) in [5.74, 6) is 7.73. The van der Waals surface area contributed by atoms with Crippen LogP contribution < -0.4 is 16.2 Å². The molecule has 0 saturated heterocycles. The van der Waals surface area contributed by atoms with Gasteiger partial charge in [-0.25, -0.2) is 15.8 Å². The first-order chi connectivity index (χ1) is 8.78. The van der Waals surface area contributed by atoms with Crippen LogP contribution in [0.3, 0.4) is 0 Å². The Morgan fingerprint density at radius 1 is 1.50 bits per heavy atom. The summed E-state index contributed by atoms with van der Waals surface area (Å²) in [5, 5.41) is 9.15. The fraction of sp³-hybridized carbons (Fsp3) is 0.667. The highest BCUT2D eigenvalue weighted by Gasteiger charge is 2.30. The zero-order valence-electron chi connectivity index (χ0n) is 10.8. The summed E-state index contributed by atoms with van der Waals surface area (Å²) in [6, 6.07) is 2.35. The molecule has 1 aliphatic carbocycles. The summed E-state index contributed by atoms with van der Waals surface area (Å²) in [7, 11) is 0. The number of hydrazine groups is 1. The molecule has 100 valence electrons. The number of hydrogen-bond donors (Lipinski definition) is 3. The molecule has 0 unspecified atom stereocenters. The van der Waals surface area contributed by atoms with Gasteiger partial charge in [0.2, 0.25) is 0 Å². The number of nitrogen functional groups attached to an aromatic ring is 1. The molecule has 1 heterocycles. The van der Waals surface area contributed by atoms with Gasteiger partial charge in [-0.1, -0.05) is 6.92 Å². The van der Waals surface area contributed by atoms with Crippen molar-refractivity contribution in [3.05, 3.63) is 11.9 Å². The van der Waals surface area contributed by atoms with Gasteiger partial charge in [-0.05, 0) is 19.3 Å². The zero-order valence-corrected chi connectivity index (χ0v) is 10.8. The molecule has 1 fully saturated rings. The van der Waals surface area contributed by atoms with Crippen LogP contribution in [-0.2, 0) is 6.42 Å². The lowest BCUT2D eigenvalue weighted by Crippen LogP contribution is -2.30. The van der Waals surface area contributed by atoms with Gasteiger partial charge in [-0.2, -0.15) is 0 Å². The third-order valence-electron chi connectivity index (χ3n) is 3.00. The number of anilines is 2. The smallest absolute Gasteiger partial charge is 0.145 e. The van der Waals surface area contributed by atoms with E-state index in [2.05, 4.69) is 27.2 Å². The van der Waals surface area contributed by atoms with Gasteiger partial charge in [0.1, 0.15) is 17.5 Å². The Labute approximate surface area is 107 Å². The van der Waals surface area contributed by atoms with Gasteiger partial charge < -0.3 is 15.4 Å². The molecule has 0 radical (unpaired) electrons. The summed E-state index contributed by atoms with van der Waals surface area (Å²) in [4.78, 5) is 11.0. The van der Waals surface area contributed by atoms with Crippen LogP contribution in [0.5, 0.6) is 0 Å². The summed E-state index contributed by atoms with van der Waals surface area (Å²) < 4.78 is 0. The van der Waals surface area contributed by atoms with Gasteiger partial charge in [0.05, 0.1) is 6.61 Å². The summed E-state index contributed by atoms with van der Waals surface area (Å²) in [6.07, 6.45) is 4.16. The third-order valence-corrected chi connectivity index (χ3v) is 3.00. The van der Waals surface area contributed by atoms with E-state index < -0.39 is 0 Å². The zero-order chi connectivity index (χ0) is 13.0. The van der Waals surface area contributed by atoms with Crippen molar-refractivity contribution >= 4 is 11.6 Å². The van der Waals surface area contributed by atoms with Crippen LogP contribution >= 0.6 is 0 Å². The van der Waals surface area contributed by atoms with Gasteiger partial charge in [0.25, 0.3) is 0 Å². The van der Waals surface area contributed by atoms with E-state index in [-0.39, 0.29) is 6.61 Å². The second-order valence-corrected chi connectivity index (χ2v) is 4.57. The number of nitrogens with zero attached hydrogens (tertiary/aromatic N) is 3. The topological polar surface area (TPSA) is 87.3 Å². The number of aliphatic hydroxyl groups is 1. The van der Waals surface area contributed by atoms with E-state index in [1.165, 1.54) is 12.8 Å². The lowest BCUT2D eigenvalue weighted by atomic mass is 10.3. The number of aliphatic hydroxyl groups excluding tert-OH is 1. The van der Waals surface area contributed by atoms with Crippen LogP contribution in [0, 0.1) is 0 Å². The van der Waals surface area contributed by atoms with E-state index in [0.717, 1.165) is 24.5 Å². The highest BCUT2D eigenvalue weighted by molar-refractivity contribution is 5.50. The first-order valence-electron chi connectivity index (χ1n) is 6.50. The number of rotatable bonds is 7. The molecule has 18 heavy (non-hydrogen) atoms. The van der Waals surface area contributed by atoms with E-state index in [1.54, 1.807) is 0 Å². The molecule has 1 aromatic heterocycles. The van der Waals surface area contributed by atoms with E-state index in [1.807, 2.05) is 6.07 Å². The SMILES string of the molecule is CCCc1nc(NN)cc(N(CCO)C2CC2)n1. The van der Waals surface area contributed by atoms with Crippen molar-refractivity contribution < 1.29 is 5.11 Å². The van der Waals surface area contributed by atoms with Crippen molar-refractivity contribution in [2.24, 2.45) is 5.84 Å². The predicted octanol–water partition coefficient (Wildman–Crippen LogP) is 0.676. The van der Waals surface area contributed by atoms with Crippen molar-refractivity contribution in [3.8, 4) is 0 Å². The van der Waals surface area contributed by atoms with Crippen molar-refractivity contribution in [3.63, 3.8) is 0 Å². The number of hydrogen-bond acceptors (Lipinski definition) is 6. The van der Waals surface area contributed by atoms with Gasteiger partial charge >= 0.3 is 0 Å². The second-order valence-electron chi connectivity index (χ2n) is 4.57. The molecule has 6 nitrogen and oxygen atoms in total. The van der Waals surface area contributed by atoms with Gasteiger partial charge in [-0.3, -0.25) is 0 Å². The lowest BCUT2D eigenvalue weighted by Gasteiger charge is -2.23. The molecular formula is C12H21N5O. The Morgan fingerprint density at radius 2 is 2.28 bits per heavy atom. The highest BCUT2D eigenvalue weighted by Crippen LogP contribution is 2.31. The average molecular weight is 251 g/mol. The highest BCUT2D eigenvalue weighted by atomic mass is 16.3. The summed E-state index contributed by atoms with van der Waals surface area (Å²) in [6.45, 7) is 2.84. The monoisotopic (exact) mass is 251 g/mol. The van der Waals surface area contributed by atoms with E-state index in [4.69, 9.17) is 10.9 Å². The van der Waals surface area contributed by atoms with E-state index >= 15 is 0 Å². The fourth-order valence-corrected chi connectivity index (χ4v) is 2.02. The molecule has 4 N–H and O–H groups in total. The standard InChI is InChI=1S/C12H21N5O/c1-2-3-10-14-11(16-13)8-12(15-10)17(6-7-18)9-4-5-9/h8-9,18H,2-7,13H2,1H3,(H,14,15,16). The molecule has 1 saturated carbocycles. The van der Waals surface area contributed by atoms with Gasteiger partial charge in [0.15, 0.2) is 0 Å². The Bertz CT molecular complexity index is 394. The van der Waals surface area contributed by atoms with Crippen molar-refractivity contribution in [1.82, 2.24) is 9.97 Å².